The van der Waals surface area contributed by atoms with Crippen molar-refractivity contribution in [3.05, 3.63) is 48.2 Å². The molecule has 2 aromatic heterocycles. The van der Waals surface area contributed by atoms with Crippen LogP contribution < -0.4 is 5.32 Å². The van der Waals surface area contributed by atoms with Gasteiger partial charge in [0.1, 0.15) is 5.82 Å². The summed E-state index contributed by atoms with van der Waals surface area (Å²) in [6, 6.07) is 4.95. The molecule has 0 radical (unpaired) electrons. The van der Waals surface area contributed by atoms with Crippen LogP contribution in [0.4, 0.5) is 10.1 Å². The van der Waals surface area contributed by atoms with Gasteiger partial charge in [-0.25, -0.2) is 14.4 Å². The van der Waals surface area contributed by atoms with Crippen LogP contribution in [0, 0.1) is 5.82 Å². The summed E-state index contributed by atoms with van der Waals surface area (Å²) in [5.74, 6) is 0.932. The molecule has 0 aliphatic heterocycles. The number of aromatic nitrogens is 3. The summed E-state index contributed by atoms with van der Waals surface area (Å²) in [7, 11) is 1.82. The lowest BCUT2D eigenvalue weighted by molar-refractivity contribution is 0.631. The van der Waals surface area contributed by atoms with Gasteiger partial charge in [-0.1, -0.05) is 12.8 Å². The van der Waals surface area contributed by atoms with Crippen molar-refractivity contribution in [2.24, 2.45) is 0 Å². The van der Waals surface area contributed by atoms with E-state index in [1.165, 1.54) is 37.3 Å². The number of hydrogen-bond acceptors (Lipinski definition) is 3. The van der Waals surface area contributed by atoms with Crippen molar-refractivity contribution in [2.45, 2.75) is 31.6 Å². The standard InChI is InChI=1S/C18H19FN4/c1-20-14-6-7-16(19)15(8-14)17-11-23-10-13(9-21-18(23)22-17)12-4-2-3-5-12/h6-12,20H,2-5H2,1H3. The topological polar surface area (TPSA) is 42.2 Å². The number of anilines is 1. The highest BCUT2D eigenvalue weighted by Gasteiger charge is 2.18. The maximum atomic E-state index is 14.1. The van der Waals surface area contributed by atoms with Crippen molar-refractivity contribution in [2.75, 3.05) is 12.4 Å². The first-order valence-corrected chi connectivity index (χ1v) is 8.07. The van der Waals surface area contributed by atoms with Gasteiger partial charge in [0.15, 0.2) is 0 Å². The molecule has 2 heterocycles. The van der Waals surface area contributed by atoms with E-state index in [9.17, 15) is 4.39 Å². The Morgan fingerprint density at radius 2 is 2.04 bits per heavy atom. The average Bonchev–Trinajstić information content (AvgIpc) is 3.24. The highest BCUT2D eigenvalue weighted by Crippen LogP contribution is 2.34. The third-order valence-corrected chi connectivity index (χ3v) is 4.69. The minimum Gasteiger partial charge on any atom is -0.388 e. The van der Waals surface area contributed by atoms with Crippen LogP contribution in [0.15, 0.2) is 36.8 Å². The van der Waals surface area contributed by atoms with E-state index < -0.39 is 0 Å². The Hall–Kier alpha value is -2.43. The van der Waals surface area contributed by atoms with Gasteiger partial charge in [-0.15, -0.1) is 0 Å². The van der Waals surface area contributed by atoms with E-state index in [1.807, 2.05) is 23.8 Å². The fraction of sp³-hybridized carbons (Fsp3) is 0.333. The average molecular weight is 310 g/mol. The fourth-order valence-corrected chi connectivity index (χ4v) is 3.38. The molecule has 1 N–H and O–H groups in total. The SMILES string of the molecule is CNc1ccc(F)c(-c2cn3cc(C4CCCC4)cnc3n2)c1. The molecule has 0 unspecified atom stereocenters. The largest absolute Gasteiger partial charge is 0.388 e. The van der Waals surface area contributed by atoms with Gasteiger partial charge in [0.05, 0.1) is 5.69 Å². The first kappa shape index (κ1) is 14.2. The molecule has 5 heteroatoms. The predicted molar refractivity (Wildman–Crippen MR) is 89.1 cm³/mol. The molecule has 4 rings (SSSR count). The monoisotopic (exact) mass is 310 g/mol. The fourth-order valence-electron chi connectivity index (χ4n) is 3.38. The van der Waals surface area contributed by atoms with Crippen molar-refractivity contribution < 1.29 is 4.39 Å². The van der Waals surface area contributed by atoms with Crippen LogP contribution in [0.1, 0.15) is 37.2 Å². The second kappa shape index (κ2) is 5.65. The van der Waals surface area contributed by atoms with Crippen molar-refractivity contribution in [3.63, 3.8) is 0 Å². The van der Waals surface area contributed by atoms with Gasteiger partial charge in [0.2, 0.25) is 5.78 Å². The Kier molecular flexibility index (Phi) is 3.48. The summed E-state index contributed by atoms with van der Waals surface area (Å²) in [5, 5.41) is 3.03. The van der Waals surface area contributed by atoms with Gasteiger partial charge in [0, 0.05) is 36.9 Å². The number of rotatable bonds is 3. The van der Waals surface area contributed by atoms with Crippen LogP contribution in [0.2, 0.25) is 0 Å². The Morgan fingerprint density at radius 3 is 2.83 bits per heavy atom. The van der Waals surface area contributed by atoms with E-state index >= 15 is 0 Å². The first-order chi connectivity index (χ1) is 11.2. The summed E-state index contributed by atoms with van der Waals surface area (Å²) in [5.41, 5.74) is 3.21. The molecular formula is C18H19FN4. The van der Waals surface area contributed by atoms with E-state index in [0.29, 0.717) is 23.0 Å². The Bertz CT molecular complexity index is 849. The van der Waals surface area contributed by atoms with Crippen molar-refractivity contribution in [1.29, 1.82) is 0 Å². The summed E-state index contributed by atoms with van der Waals surface area (Å²) in [4.78, 5) is 8.93. The molecule has 0 atom stereocenters. The molecule has 1 fully saturated rings. The molecule has 1 aromatic carbocycles. The van der Waals surface area contributed by atoms with Gasteiger partial charge >= 0.3 is 0 Å². The van der Waals surface area contributed by atoms with Crippen molar-refractivity contribution in [3.8, 4) is 11.3 Å². The molecule has 118 valence electrons. The van der Waals surface area contributed by atoms with E-state index in [2.05, 4.69) is 21.5 Å². The number of halogens is 1. The highest BCUT2D eigenvalue weighted by atomic mass is 19.1. The summed E-state index contributed by atoms with van der Waals surface area (Å²) in [6.45, 7) is 0. The number of nitrogens with one attached hydrogen (secondary N) is 1. The van der Waals surface area contributed by atoms with E-state index in [0.717, 1.165) is 5.69 Å². The summed E-state index contributed by atoms with van der Waals surface area (Å²) >= 11 is 0. The Morgan fingerprint density at radius 1 is 1.22 bits per heavy atom. The first-order valence-electron chi connectivity index (χ1n) is 8.07. The molecule has 0 bridgehead atoms. The lowest BCUT2D eigenvalue weighted by atomic mass is 10.0. The van der Waals surface area contributed by atoms with Gasteiger partial charge < -0.3 is 5.32 Å². The van der Waals surface area contributed by atoms with Crippen LogP contribution in [-0.4, -0.2) is 21.4 Å². The molecule has 1 saturated carbocycles. The third kappa shape index (κ3) is 2.56. The number of benzene rings is 1. The summed E-state index contributed by atoms with van der Waals surface area (Å²) in [6.07, 6.45) is 10.9. The molecule has 0 spiro atoms. The molecule has 1 aliphatic carbocycles. The second-order valence-electron chi connectivity index (χ2n) is 6.15. The smallest absolute Gasteiger partial charge is 0.234 e. The number of fused-ring (bicyclic) bond motifs is 1. The normalized spacial score (nSPS) is 15.4. The molecule has 4 nitrogen and oxygen atoms in total. The highest BCUT2D eigenvalue weighted by molar-refractivity contribution is 5.67. The molecule has 1 aliphatic rings. The molecule has 3 aromatic rings. The third-order valence-electron chi connectivity index (χ3n) is 4.69. The zero-order valence-corrected chi connectivity index (χ0v) is 13.1. The second-order valence-corrected chi connectivity index (χ2v) is 6.15. The van der Waals surface area contributed by atoms with Gasteiger partial charge in [-0.05, 0) is 42.5 Å². The van der Waals surface area contributed by atoms with Gasteiger partial charge in [-0.2, -0.15) is 0 Å². The maximum Gasteiger partial charge on any atom is 0.234 e. The van der Waals surface area contributed by atoms with Crippen molar-refractivity contribution in [1.82, 2.24) is 14.4 Å². The lowest BCUT2D eigenvalue weighted by Gasteiger charge is -2.08. The predicted octanol–water partition coefficient (Wildman–Crippen LogP) is 4.23. The van der Waals surface area contributed by atoms with Crippen LogP contribution in [0.5, 0.6) is 0 Å². The molecule has 23 heavy (non-hydrogen) atoms. The number of nitrogens with zero attached hydrogens (tertiary/aromatic N) is 3. The quantitative estimate of drug-likeness (QED) is 0.787. The van der Waals surface area contributed by atoms with Crippen LogP contribution >= 0.6 is 0 Å². The lowest BCUT2D eigenvalue weighted by Crippen LogP contribution is -1.97. The minimum absolute atomic E-state index is 0.275. The Labute approximate surface area is 134 Å². The van der Waals surface area contributed by atoms with E-state index in [-0.39, 0.29) is 5.82 Å². The van der Waals surface area contributed by atoms with Gasteiger partial charge in [-0.3, -0.25) is 4.40 Å². The Balaban J connectivity index is 1.76. The van der Waals surface area contributed by atoms with Gasteiger partial charge in [0.25, 0.3) is 0 Å². The number of imidazole rings is 1. The molecular weight excluding hydrogens is 291 g/mol. The minimum atomic E-state index is -0.275. The van der Waals surface area contributed by atoms with Crippen molar-refractivity contribution >= 4 is 11.5 Å². The molecule has 0 amide bonds. The maximum absolute atomic E-state index is 14.1. The van der Waals surface area contributed by atoms with E-state index in [4.69, 9.17) is 0 Å². The van der Waals surface area contributed by atoms with Crippen LogP contribution in [0.3, 0.4) is 0 Å². The zero-order chi connectivity index (χ0) is 15.8. The van der Waals surface area contributed by atoms with E-state index in [1.54, 1.807) is 12.1 Å². The molecule has 0 saturated heterocycles. The number of hydrogen-bond donors (Lipinski definition) is 1. The zero-order valence-electron chi connectivity index (χ0n) is 13.1. The van der Waals surface area contributed by atoms with Crippen LogP contribution in [0.25, 0.3) is 17.0 Å². The van der Waals surface area contributed by atoms with Crippen LogP contribution in [-0.2, 0) is 0 Å². The summed E-state index contributed by atoms with van der Waals surface area (Å²) < 4.78 is 16.1.